The fraction of sp³-hybridized carbons (Fsp3) is 0.350. The van der Waals surface area contributed by atoms with Crippen LogP contribution in [0.1, 0.15) is 11.7 Å². The van der Waals surface area contributed by atoms with E-state index in [1.54, 1.807) is 33.4 Å². The van der Waals surface area contributed by atoms with Gasteiger partial charge in [-0.1, -0.05) is 12.1 Å². The first-order valence-electron chi connectivity index (χ1n) is 8.66. The molecule has 2 rings (SSSR count). The Hall–Kier alpha value is -2.80. The van der Waals surface area contributed by atoms with Gasteiger partial charge in [0.05, 0.1) is 19.8 Å². The van der Waals surface area contributed by atoms with Gasteiger partial charge in [0.25, 0.3) is 0 Å². The number of rotatable bonds is 9. The molecule has 0 saturated heterocycles. The van der Waals surface area contributed by atoms with Crippen molar-refractivity contribution in [3.05, 3.63) is 59.9 Å². The monoisotopic (exact) mass is 375 g/mol. The maximum Gasteiger partial charge on any atom is 0.191 e. The topological polar surface area (TPSA) is 64.1 Å². The number of ether oxygens (including phenoxy) is 3. The molecule has 0 amide bonds. The molecule has 2 N–H and O–H groups in total. The minimum Gasteiger partial charge on any atom is -0.497 e. The van der Waals surface area contributed by atoms with Gasteiger partial charge in [-0.05, 0) is 42.0 Å². The van der Waals surface area contributed by atoms with Gasteiger partial charge in [-0.15, -0.1) is 0 Å². The van der Waals surface area contributed by atoms with Crippen molar-refractivity contribution < 1.29 is 18.6 Å². The van der Waals surface area contributed by atoms with Crippen molar-refractivity contribution in [3.63, 3.8) is 0 Å². The predicted molar refractivity (Wildman–Crippen MR) is 104 cm³/mol. The second-order valence-electron chi connectivity index (χ2n) is 5.68. The Morgan fingerprint density at radius 2 is 1.67 bits per heavy atom. The quantitative estimate of drug-likeness (QED) is 0.401. The number of hydrogen-bond acceptors (Lipinski definition) is 4. The summed E-state index contributed by atoms with van der Waals surface area (Å²) in [6.45, 7) is 1.57. The molecule has 0 aliphatic heterocycles. The molecule has 0 aliphatic carbocycles. The molecule has 146 valence electrons. The van der Waals surface area contributed by atoms with Crippen LogP contribution in [0, 0.1) is 5.82 Å². The molecule has 2 aromatic rings. The Morgan fingerprint density at radius 1 is 1.00 bits per heavy atom. The largest absolute Gasteiger partial charge is 0.497 e. The van der Waals surface area contributed by atoms with Gasteiger partial charge < -0.3 is 24.8 Å². The summed E-state index contributed by atoms with van der Waals surface area (Å²) in [6, 6.07) is 13.7. The first-order valence-corrected chi connectivity index (χ1v) is 8.66. The molecule has 0 aromatic heterocycles. The van der Waals surface area contributed by atoms with Gasteiger partial charge in [-0.2, -0.15) is 0 Å². The van der Waals surface area contributed by atoms with Gasteiger partial charge in [-0.3, -0.25) is 4.99 Å². The number of halogens is 1. The molecule has 0 bridgehead atoms. The van der Waals surface area contributed by atoms with Crippen LogP contribution >= 0.6 is 0 Å². The Balaban J connectivity index is 1.73. The highest BCUT2D eigenvalue weighted by Crippen LogP contribution is 2.17. The molecule has 7 heteroatoms. The van der Waals surface area contributed by atoms with E-state index in [2.05, 4.69) is 15.6 Å². The van der Waals surface area contributed by atoms with Gasteiger partial charge in [0.1, 0.15) is 23.9 Å². The van der Waals surface area contributed by atoms with E-state index in [-0.39, 0.29) is 11.9 Å². The van der Waals surface area contributed by atoms with Crippen molar-refractivity contribution in [1.82, 2.24) is 10.6 Å². The van der Waals surface area contributed by atoms with Crippen LogP contribution < -0.4 is 20.1 Å². The zero-order valence-electron chi connectivity index (χ0n) is 15.9. The van der Waals surface area contributed by atoms with Crippen LogP contribution in [0.25, 0.3) is 0 Å². The molecule has 0 radical (unpaired) electrons. The molecule has 0 heterocycles. The highest BCUT2D eigenvalue weighted by molar-refractivity contribution is 5.79. The highest BCUT2D eigenvalue weighted by Gasteiger charge is 2.11. The van der Waals surface area contributed by atoms with Crippen LogP contribution in [0.4, 0.5) is 4.39 Å². The number of nitrogens with one attached hydrogen (secondary N) is 2. The third-order valence-corrected chi connectivity index (χ3v) is 3.93. The van der Waals surface area contributed by atoms with Crippen LogP contribution in [0.5, 0.6) is 11.5 Å². The average Bonchev–Trinajstić information content (AvgIpc) is 2.71. The first kappa shape index (κ1) is 20.5. The van der Waals surface area contributed by atoms with Gasteiger partial charge in [0, 0.05) is 20.7 Å². The summed E-state index contributed by atoms with van der Waals surface area (Å²) in [5, 5.41) is 6.37. The minimum absolute atomic E-state index is 0.209. The molecule has 0 aliphatic rings. The van der Waals surface area contributed by atoms with Crippen LogP contribution in [0.3, 0.4) is 0 Å². The Bertz CT molecular complexity index is 705. The van der Waals surface area contributed by atoms with Gasteiger partial charge in [0.2, 0.25) is 0 Å². The molecular formula is C20H26FN3O3. The SMILES string of the molecule is CN=C(NCCOc1ccc(OC)cc1)NCC(OC)c1ccc(F)cc1. The minimum atomic E-state index is -0.268. The Labute approximate surface area is 159 Å². The smallest absolute Gasteiger partial charge is 0.191 e. The number of guanidine groups is 1. The van der Waals surface area contributed by atoms with E-state index in [4.69, 9.17) is 14.2 Å². The molecule has 6 nitrogen and oxygen atoms in total. The second-order valence-corrected chi connectivity index (χ2v) is 5.68. The predicted octanol–water partition coefficient (Wildman–Crippen LogP) is 2.77. The van der Waals surface area contributed by atoms with E-state index in [1.165, 1.54) is 12.1 Å². The second kappa shape index (κ2) is 11.0. The molecule has 0 fully saturated rings. The van der Waals surface area contributed by atoms with E-state index in [0.717, 1.165) is 17.1 Å². The average molecular weight is 375 g/mol. The van der Waals surface area contributed by atoms with Gasteiger partial charge in [-0.25, -0.2) is 4.39 Å². The van der Waals surface area contributed by atoms with Crippen molar-refractivity contribution in [2.75, 3.05) is 41.0 Å². The lowest BCUT2D eigenvalue weighted by Gasteiger charge is -2.19. The van der Waals surface area contributed by atoms with Crippen molar-refractivity contribution in [2.24, 2.45) is 4.99 Å². The molecule has 0 spiro atoms. The third kappa shape index (κ3) is 6.79. The van der Waals surface area contributed by atoms with Crippen molar-refractivity contribution >= 4 is 5.96 Å². The number of benzene rings is 2. The van der Waals surface area contributed by atoms with E-state index >= 15 is 0 Å². The summed E-state index contributed by atoms with van der Waals surface area (Å²) in [5.41, 5.74) is 0.893. The third-order valence-electron chi connectivity index (χ3n) is 3.93. The molecule has 1 atom stereocenters. The van der Waals surface area contributed by atoms with Crippen molar-refractivity contribution in [3.8, 4) is 11.5 Å². The number of nitrogens with zero attached hydrogens (tertiary/aromatic N) is 1. The maximum absolute atomic E-state index is 13.1. The van der Waals surface area contributed by atoms with Crippen LogP contribution in [0.15, 0.2) is 53.5 Å². The van der Waals surface area contributed by atoms with E-state index in [9.17, 15) is 4.39 Å². The zero-order valence-corrected chi connectivity index (χ0v) is 15.9. The van der Waals surface area contributed by atoms with Crippen LogP contribution in [-0.2, 0) is 4.74 Å². The van der Waals surface area contributed by atoms with E-state index < -0.39 is 0 Å². The van der Waals surface area contributed by atoms with Gasteiger partial charge in [0.15, 0.2) is 5.96 Å². The summed E-state index contributed by atoms with van der Waals surface area (Å²) in [7, 11) is 4.94. The van der Waals surface area contributed by atoms with Crippen LogP contribution in [-0.4, -0.2) is 46.9 Å². The van der Waals surface area contributed by atoms with E-state index in [0.29, 0.717) is 25.7 Å². The first-order chi connectivity index (χ1) is 13.2. The molecule has 0 saturated carbocycles. The van der Waals surface area contributed by atoms with Crippen molar-refractivity contribution in [1.29, 1.82) is 0 Å². The maximum atomic E-state index is 13.1. The Kier molecular flexibility index (Phi) is 8.38. The number of aliphatic imine (C=N–C) groups is 1. The van der Waals surface area contributed by atoms with E-state index in [1.807, 2.05) is 24.3 Å². The molecule has 2 aromatic carbocycles. The lowest BCUT2D eigenvalue weighted by Crippen LogP contribution is -2.41. The summed E-state index contributed by atoms with van der Waals surface area (Å²) in [4.78, 5) is 4.18. The summed E-state index contributed by atoms with van der Waals surface area (Å²) >= 11 is 0. The normalized spacial score (nSPS) is 12.4. The lowest BCUT2D eigenvalue weighted by atomic mass is 10.1. The summed E-state index contributed by atoms with van der Waals surface area (Å²) in [6.07, 6.45) is -0.209. The van der Waals surface area contributed by atoms with Crippen molar-refractivity contribution in [2.45, 2.75) is 6.10 Å². The molecule has 1 unspecified atom stereocenters. The zero-order chi connectivity index (χ0) is 19.5. The fourth-order valence-electron chi connectivity index (χ4n) is 2.43. The highest BCUT2D eigenvalue weighted by atomic mass is 19.1. The summed E-state index contributed by atoms with van der Waals surface area (Å²) in [5.74, 6) is 1.93. The summed E-state index contributed by atoms with van der Waals surface area (Å²) < 4.78 is 29.3. The lowest BCUT2D eigenvalue weighted by molar-refractivity contribution is 0.106. The van der Waals surface area contributed by atoms with Crippen LogP contribution in [0.2, 0.25) is 0 Å². The standard InChI is InChI=1S/C20H26FN3O3/c1-22-20(23-12-13-27-18-10-8-17(25-2)9-11-18)24-14-19(26-3)15-4-6-16(21)7-5-15/h4-11,19H,12-14H2,1-3H3,(H2,22,23,24). The van der Waals surface area contributed by atoms with Gasteiger partial charge >= 0.3 is 0 Å². The Morgan fingerprint density at radius 3 is 2.26 bits per heavy atom. The number of hydrogen-bond donors (Lipinski definition) is 2. The molecular weight excluding hydrogens is 349 g/mol. The number of methoxy groups -OCH3 is 2. The molecule has 27 heavy (non-hydrogen) atoms. The fourth-order valence-corrected chi connectivity index (χ4v) is 2.43.